The number of aliphatic carboxylic acids is 1. The summed E-state index contributed by atoms with van der Waals surface area (Å²) in [5.41, 5.74) is 1.50. The van der Waals surface area contributed by atoms with Crippen molar-refractivity contribution in [2.24, 2.45) is 0 Å². The normalized spacial score (nSPS) is 10.7. The zero-order valence-electron chi connectivity index (χ0n) is 9.83. The van der Waals surface area contributed by atoms with Crippen LogP contribution in [0.1, 0.15) is 0 Å². The van der Waals surface area contributed by atoms with Gasteiger partial charge in [-0.25, -0.2) is 4.79 Å². The molecule has 19 heavy (non-hydrogen) atoms. The van der Waals surface area contributed by atoms with Gasteiger partial charge in [-0.15, -0.1) is 0 Å². The van der Waals surface area contributed by atoms with Crippen LogP contribution in [0.4, 0.5) is 0 Å². The number of benzene rings is 1. The molecule has 0 aliphatic heterocycles. The van der Waals surface area contributed by atoms with Crippen molar-refractivity contribution in [2.45, 2.75) is 0 Å². The fraction of sp³-hybridized carbons (Fsp3) is 0.0714. The molecule has 0 fully saturated rings. The fourth-order valence-electron chi connectivity index (χ4n) is 1.87. The van der Waals surface area contributed by atoms with Gasteiger partial charge in [0.25, 0.3) is 0 Å². The molecule has 0 atom stereocenters. The Morgan fingerprint density at radius 2 is 2.16 bits per heavy atom. The molecule has 1 N–H and O–H groups in total. The van der Waals surface area contributed by atoms with Crippen LogP contribution in [0, 0.1) is 0 Å². The Bertz CT molecular complexity index is 709. The summed E-state index contributed by atoms with van der Waals surface area (Å²) in [6, 6.07) is 8.76. The number of ether oxygens (including phenoxy) is 1. The highest BCUT2D eigenvalue weighted by Gasteiger charge is 2.11. The average Bonchev–Trinajstić information content (AvgIpc) is 3.04. The molecular weight excluding hydrogens is 248 g/mol. The Kier molecular flexibility index (Phi) is 2.72. The predicted octanol–water partition coefficient (Wildman–Crippen LogP) is 3.16. The van der Waals surface area contributed by atoms with E-state index in [1.54, 1.807) is 36.8 Å². The first-order valence-electron chi connectivity index (χ1n) is 5.64. The van der Waals surface area contributed by atoms with Gasteiger partial charge in [0.1, 0.15) is 23.4 Å². The molecule has 0 saturated heterocycles. The highest BCUT2D eigenvalue weighted by atomic mass is 16.5. The van der Waals surface area contributed by atoms with Crippen molar-refractivity contribution in [2.75, 3.05) is 6.61 Å². The third kappa shape index (κ3) is 2.18. The number of hydrogen-bond acceptors (Lipinski definition) is 4. The first kappa shape index (κ1) is 11.4. The van der Waals surface area contributed by atoms with Crippen molar-refractivity contribution >= 4 is 16.9 Å². The molecule has 5 heteroatoms. The van der Waals surface area contributed by atoms with Gasteiger partial charge in [-0.2, -0.15) is 0 Å². The van der Waals surface area contributed by atoms with E-state index in [9.17, 15) is 4.79 Å². The topological polar surface area (TPSA) is 72.8 Å². The zero-order chi connectivity index (χ0) is 13.2. The van der Waals surface area contributed by atoms with Crippen LogP contribution >= 0.6 is 0 Å². The average molecular weight is 258 g/mol. The second-order valence-electron chi connectivity index (χ2n) is 3.97. The van der Waals surface area contributed by atoms with Gasteiger partial charge in [0.15, 0.2) is 6.61 Å². The van der Waals surface area contributed by atoms with E-state index in [-0.39, 0.29) is 6.61 Å². The lowest BCUT2D eigenvalue weighted by Crippen LogP contribution is -2.09. The largest absolute Gasteiger partial charge is 0.482 e. The SMILES string of the molecule is O=C(O)COc1ccc2occ(-c3ccco3)c2c1. The molecule has 3 rings (SSSR count). The summed E-state index contributed by atoms with van der Waals surface area (Å²) in [5.74, 6) is 0.150. The molecule has 3 aromatic rings. The molecule has 0 aliphatic rings. The lowest BCUT2D eigenvalue weighted by atomic mass is 10.1. The highest BCUT2D eigenvalue weighted by molar-refractivity contribution is 5.93. The second kappa shape index (κ2) is 4.53. The van der Waals surface area contributed by atoms with Crippen LogP contribution in [0.2, 0.25) is 0 Å². The number of carboxylic acids is 1. The molecule has 2 heterocycles. The van der Waals surface area contributed by atoms with Gasteiger partial charge in [-0.3, -0.25) is 0 Å². The van der Waals surface area contributed by atoms with Crippen molar-refractivity contribution in [3.63, 3.8) is 0 Å². The zero-order valence-corrected chi connectivity index (χ0v) is 9.83. The number of carboxylic acid groups (broad SMARTS) is 1. The van der Waals surface area contributed by atoms with E-state index in [0.717, 1.165) is 10.9 Å². The number of rotatable bonds is 4. The smallest absolute Gasteiger partial charge is 0.341 e. The van der Waals surface area contributed by atoms with Crippen LogP contribution in [0.15, 0.2) is 51.7 Å². The summed E-state index contributed by atoms with van der Waals surface area (Å²) in [4.78, 5) is 10.5. The van der Waals surface area contributed by atoms with Crippen molar-refractivity contribution < 1.29 is 23.5 Å². The van der Waals surface area contributed by atoms with E-state index in [2.05, 4.69) is 0 Å². The molecule has 0 bridgehead atoms. The molecular formula is C14H10O5. The molecule has 5 nitrogen and oxygen atoms in total. The monoisotopic (exact) mass is 258 g/mol. The van der Waals surface area contributed by atoms with Crippen molar-refractivity contribution in [3.8, 4) is 17.1 Å². The van der Waals surface area contributed by atoms with Crippen molar-refractivity contribution in [1.82, 2.24) is 0 Å². The van der Waals surface area contributed by atoms with Crippen LogP contribution in [-0.2, 0) is 4.79 Å². The minimum Gasteiger partial charge on any atom is -0.482 e. The van der Waals surface area contributed by atoms with Gasteiger partial charge >= 0.3 is 5.97 Å². The van der Waals surface area contributed by atoms with Crippen LogP contribution in [-0.4, -0.2) is 17.7 Å². The number of hydrogen-bond donors (Lipinski definition) is 1. The third-order valence-electron chi connectivity index (χ3n) is 2.69. The van der Waals surface area contributed by atoms with Crippen molar-refractivity contribution in [3.05, 3.63) is 42.9 Å². The fourth-order valence-corrected chi connectivity index (χ4v) is 1.87. The lowest BCUT2D eigenvalue weighted by Gasteiger charge is -2.02. The van der Waals surface area contributed by atoms with Crippen LogP contribution in [0.25, 0.3) is 22.3 Å². The maximum absolute atomic E-state index is 10.5. The Morgan fingerprint density at radius 3 is 2.89 bits per heavy atom. The standard InChI is InChI=1S/C14H10O5/c15-14(16)8-18-9-3-4-13-10(6-9)11(7-19-13)12-2-1-5-17-12/h1-7H,8H2,(H,15,16). The first-order chi connectivity index (χ1) is 9.24. The van der Waals surface area contributed by atoms with E-state index in [1.807, 2.05) is 6.07 Å². The van der Waals surface area contributed by atoms with Gasteiger partial charge in [-0.05, 0) is 30.3 Å². The molecule has 0 amide bonds. The van der Waals surface area contributed by atoms with Gasteiger partial charge in [0, 0.05) is 5.39 Å². The van der Waals surface area contributed by atoms with E-state index in [1.165, 1.54) is 0 Å². The molecule has 96 valence electrons. The summed E-state index contributed by atoms with van der Waals surface area (Å²) in [5, 5.41) is 9.41. The third-order valence-corrected chi connectivity index (χ3v) is 2.69. The van der Waals surface area contributed by atoms with Gasteiger partial charge < -0.3 is 18.7 Å². The lowest BCUT2D eigenvalue weighted by molar-refractivity contribution is -0.139. The van der Waals surface area contributed by atoms with Gasteiger partial charge in [-0.1, -0.05) is 0 Å². The maximum Gasteiger partial charge on any atom is 0.341 e. The summed E-state index contributed by atoms with van der Waals surface area (Å²) < 4.78 is 15.9. The molecule has 0 aliphatic carbocycles. The summed E-state index contributed by atoms with van der Waals surface area (Å²) >= 11 is 0. The Balaban J connectivity index is 2.01. The summed E-state index contributed by atoms with van der Waals surface area (Å²) in [6.07, 6.45) is 3.18. The summed E-state index contributed by atoms with van der Waals surface area (Å²) in [6.45, 7) is -0.376. The van der Waals surface area contributed by atoms with Crippen LogP contribution in [0.5, 0.6) is 5.75 Å². The second-order valence-corrected chi connectivity index (χ2v) is 3.97. The molecule has 2 aromatic heterocycles. The van der Waals surface area contributed by atoms with E-state index in [0.29, 0.717) is 17.1 Å². The Labute approximate surface area is 108 Å². The molecule has 0 spiro atoms. The number of carbonyl (C=O) groups is 1. The van der Waals surface area contributed by atoms with Gasteiger partial charge in [0.05, 0.1) is 11.8 Å². The quantitative estimate of drug-likeness (QED) is 0.778. The Morgan fingerprint density at radius 1 is 1.26 bits per heavy atom. The van der Waals surface area contributed by atoms with Crippen LogP contribution < -0.4 is 4.74 Å². The Hall–Kier alpha value is -2.69. The molecule has 0 radical (unpaired) electrons. The van der Waals surface area contributed by atoms with E-state index >= 15 is 0 Å². The number of fused-ring (bicyclic) bond motifs is 1. The minimum absolute atomic E-state index is 0.376. The first-order valence-corrected chi connectivity index (χ1v) is 5.64. The van der Waals surface area contributed by atoms with Crippen LogP contribution in [0.3, 0.4) is 0 Å². The molecule has 1 aromatic carbocycles. The minimum atomic E-state index is -1.02. The molecule has 0 unspecified atom stereocenters. The van der Waals surface area contributed by atoms with Gasteiger partial charge in [0.2, 0.25) is 0 Å². The molecule has 0 saturated carbocycles. The van der Waals surface area contributed by atoms with Crippen molar-refractivity contribution in [1.29, 1.82) is 0 Å². The summed E-state index contributed by atoms with van der Waals surface area (Å²) in [7, 11) is 0. The van der Waals surface area contributed by atoms with E-state index < -0.39 is 5.97 Å². The predicted molar refractivity (Wildman–Crippen MR) is 67.0 cm³/mol. The highest BCUT2D eigenvalue weighted by Crippen LogP contribution is 2.33. The maximum atomic E-state index is 10.5. The number of furan rings is 2. The van der Waals surface area contributed by atoms with E-state index in [4.69, 9.17) is 18.7 Å².